The van der Waals surface area contributed by atoms with Crippen molar-refractivity contribution in [2.45, 2.75) is 25.2 Å². The summed E-state index contributed by atoms with van der Waals surface area (Å²) < 4.78 is 8.29. The highest BCUT2D eigenvalue weighted by Crippen LogP contribution is 2.32. The highest BCUT2D eigenvalue weighted by molar-refractivity contribution is 6.33. The monoisotopic (exact) mass is 379 g/mol. The summed E-state index contributed by atoms with van der Waals surface area (Å²) in [5, 5.41) is 5.94. The molecule has 1 aliphatic rings. The first-order valence-electron chi connectivity index (χ1n) is 8.99. The lowest BCUT2D eigenvalue weighted by Crippen LogP contribution is -2.20. The van der Waals surface area contributed by atoms with Gasteiger partial charge in [-0.2, -0.15) is 0 Å². The van der Waals surface area contributed by atoms with E-state index in [1.807, 2.05) is 29.1 Å². The van der Waals surface area contributed by atoms with Crippen molar-refractivity contribution in [3.8, 4) is 0 Å². The maximum Gasteiger partial charge on any atom is 0.146 e. The first-order valence-corrected chi connectivity index (χ1v) is 9.37. The van der Waals surface area contributed by atoms with Crippen LogP contribution in [0.4, 0.5) is 5.69 Å². The Labute approximate surface area is 161 Å². The maximum atomic E-state index is 6.24. The number of halogens is 1. The van der Waals surface area contributed by atoms with Gasteiger partial charge in [-0.3, -0.25) is 4.98 Å². The molecule has 4 heterocycles. The zero-order valence-corrected chi connectivity index (χ0v) is 15.3. The van der Waals surface area contributed by atoms with Gasteiger partial charge in [-0.25, -0.2) is 9.97 Å². The molecule has 136 valence electrons. The quantitative estimate of drug-likeness (QED) is 0.531. The fourth-order valence-corrected chi connectivity index (χ4v) is 3.81. The van der Waals surface area contributed by atoms with Gasteiger partial charge in [0, 0.05) is 30.0 Å². The van der Waals surface area contributed by atoms with Gasteiger partial charge in [0.15, 0.2) is 0 Å². The molecule has 5 rings (SSSR count). The average molecular weight is 380 g/mol. The number of rotatable bonds is 4. The summed E-state index contributed by atoms with van der Waals surface area (Å²) >= 11 is 6.14. The molecule has 4 aromatic rings. The third-order valence-corrected chi connectivity index (χ3v) is 5.30. The normalized spacial score (nSPS) is 19.7. The number of nitrogens with one attached hydrogen (secondary N) is 1. The first kappa shape index (κ1) is 16.5. The number of hydrogen-bond acceptors (Lipinski definition) is 5. The van der Waals surface area contributed by atoms with E-state index in [0.717, 1.165) is 47.0 Å². The minimum atomic E-state index is -0.0291. The van der Waals surface area contributed by atoms with E-state index in [4.69, 9.17) is 16.3 Å². The van der Waals surface area contributed by atoms with Gasteiger partial charge < -0.3 is 14.6 Å². The van der Waals surface area contributed by atoms with Crippen molar-refractivity contribution >= 4 is 39.2 Å². The molecule has 0 aliphatic carbocycles. The molecule has 1 aromatic carbocycles. The third kappa shape index (κ3) is 3.11. The van der Waals surface area contributed by atoms with Gasteiger partial charge in [0.05, 0.1) is 17.0 Å². The molecule has 0 bridgehead atoms. The molecule has 0 radical (unpaired) electrons. The number of benzene rings is 1. The van der Waals surface area contributed by atoms with Crippen molar-refractivity contribution in [1.29, 1.82) is 0 Å². The number of ether oxygens (including phenoxy) is 1. The van der Waals surface area contributed by atoms with E-state index in [1.165, 1.54) is 6.33 Å². The Hall–Kier alpha value is -2.70. The molecular formula is C20H18ClN5O. The molecule has 1 N–H and O–H groups in total. The van der Waals surface area contributed by atoms with Gasteiger partial charge in [-0.05, 0) is 37.1 Å². The Bertz CT molecular complexity index is 1110. The Balaban J connectivity index is 1.27. The number of fused-ring (bicyclic) bond motifs is 2. The third-order valence-electron chi connectivity index (χ3n) is 5.00. The Kier molecular flexibility index (Phi) is 4.14. The lowest BCUT2D eigenvalue weighted by Gasteiger charge is -2.17. The molecule has 2 atom stereocenters. The van der Waals surface area contributed by atoms with Crippen LogP contribution in [0.2, 0.25) is 5.15 Å². The van der Waals surface area contributed by atoms with Crippen molar-refractivity contribution in [1.82, 2.24) is 19.5 Å². The molecule has 7 heteroatoms. The van der Waals surface area contributed by atoms with Crippen molar-refractivity contribution in [2.24, 2.45) is 0 Å². The van der Waals surface area contributed by atoms with Crippen molar-refractivity contribution in [2.75, 3.05) is 11.9 Å². The van der Waals surface area contributed by atoms with E-state index in [0.29, 0.717) is 5.15 Å². The minimum absolute atomic E-state index is 0.0291. The molecule has 0 spiro atoms. The summed E-state index contributed by atoms with van der Waals surface area (Å²) in [6, 6.07) is 12.2. The molecule has 1 fully saturated rings. The van der Waals surface area contributed by atoms with E-state index < -0.39 is 0 Å². The zero-order chi connectivity index (χ0) is 18.2. The smallest absolute Gasteiger partial charge is 0.146 e. The molecule has 0 amide bonds. The molecule has 0 saturated carbocycles. The van der Waals surface area contributed by atoms with E-state index in [1.54, 1.807) is 0 Å². The molecule has 1 saturated heterocycles. The van der Waals surface area contributed by atoms with E-state index in [9.17, 15) is 0 Å². The number of hydrogen-bond donors (Lipinski definition) is 1. The maximum absolute atomic E-state index is 6.24. The summed E-state index contributed by atoms with van der Waals surface area (Å²) in [7, 11) is 0. The number of aromatic nitrogens is 4. The highest BCUT2D eigenvalue weighted by Gasteiger charge is 2.27. The fraction of sp³-hybridized carbons (Fsp3) is 0.250. The van der Waals surface area contributed by atoms with Gasteiger partial charge >= 0.3 is 0 Å². The highest BCUT2D eigenvalue weighted by atomic mass is 35.5. The Morgan fingerprint density at radius 2 is 2.11 bits per heavy atom. The van der Waals surface area contributed by atoms with Gasteiger partial charge in [-0.1, -0.05) is 23.7 Å². The molecule has 6 nitrogen and oxygen atoms in total. The van der Waals surface area contributed by atoms with Gasteiger partial charge in [0.2, 0.25) is 0 Å². The number of nitrogens with zero attached hydrogens (tertiary/aromatic N) is 4. The molecular weight excluding hydrogens is 362 g/mol. The van der Waals surface area contributed by atoms with Crippen molar-refractivity contribution in [3.63, 3.8) is 0 Å². The van der Waals surface area contributed by atoms with Crippen molar-refractivity contribution in [3.05, 3.63) is 60.3 Å². The van der Waals surface area contributed by atoms with Crippen LogP contribution in [0, 0.1) is 0 Å². The van der Waals surface area contributed by atoms with Gasteiger partial charge in [-0.15, -0.1) is 0 Å². The Morgan fingerprint density at radius 3 is 3.07 bits per heavy atom. The van der Waals surface area contributed by atoms with Crippen LogP contribution in [-0.4, -0.2) is 32.2 Å². The topological polar surface area (TPSA) is 64.9 Å². The summed E-state index contributed by atoms with van der Waals surface area (Å²) in [6.07, 6.45) is 7.32. The largest absolute Gasteiger partial charge is 0.382 e. The summed E-state index contributed by atoms with van der Waals surface area (Å²) in [6.45, 7) is 0.754. The minimum Gasteiger partial charge on any atom is -0.382 e. The Morgan fingerprint density at radius 1 is 1.15 bits per heavy atom. The summed E-state index contributed by atoms with van der Waals surface area (Å²) in [5.74, 6) is 0. The van der Waals surface area contributed by atoms with Crippen molar-refractivity contribution < 1.29 is 4.74 Å². The lowest BCUT2D eigenvalue weighted by atomic mass is 10.2. The van der Waals surface area contributed by atoms with Crippen LogP contribution in [0.5, 0.6) is 0 Å². The fourth-order valence-electron chi connectivity index (χ4n) is 3.62. The van der Waals surface area contributed by atoms with Crippen LogP contribution in [0.15, 0.2) is 55.1 Å². The number of pyridine rings is 1. The second kappa shape index (κ2) is 6.79. The van der Waals surface area contributed by atoms with Crippen LogP contribution in [0.25, 0.3) is 21.9 Å². The first-order chi connectivity index (χ1) is 13.3. The van der Waals surface area contributed by atoms with E-state index >= 15 is 0 Å². The molecule has 2 unspecified atom stereocenters. The standard InChI is InChI=1S/C20H18ClN5O/c21-19-16-7-9-26(20(16)25-12-24-19)18-6-5-15(27-18)11-23-14-4-3-13-2-1-8-22-17(13)10-14/h1-4,7-10,12,15,18,23H,5-6,11H2. The molecule has 3 aromatic heterocycles. The van der Waals surface area contributed by atoms with E-state index in [-0.39, 0.29) is 12.3 Å². The predicted octanol–water partition coefficient (Wildman–Crippen LogP) is 4.42. The zero-order valence-electron chi connectivity index (χ0n) is 14.5. The SMILES string of the molecule is Clc1ncnc2c1ccn2C1CCC(CNc2ccc3cccnc3c2)O1. The summed E-state index contributed by atoms with van der Waals surface area (Å²) in [4.78, 5) is 12.8. The van der Waals surface area contributed by atoms with Gasteiger partial charge in [0.1, 0.15) is 23.4 Å². The number of anilines is 1. The predicted molar refractivity (Wildman–Crippen MR) is 106 cm³/mol. The van der Waals surface area contributed by atoms with Crippen LogP contribution in [-0.2, 0) is 4.74 Å². The van der Waals surface area contributed by atoms with Crippen LogP contribution >= 0.6 is 11.6 Å². The molecule has 27 heavy (non-hydrogen) atoms. The van der Waals surface area contributed by atoms with Crippen LogP contribution in [0.1, 0.15) is 19.1 Å². The summed E-state index contributed by atoms with van der Waals surface area (Å²) in [5.41, 5.74) is 2.86. The molecule has 1 aliphatic heterocycles. The second-order valence-electron chi connectivity index (χ2n) is 6.71. The lowest BCUT2D eigenvalue weighted by molar-refractivity contribution is 0.0108. The van der Waals surface area contributed by atoms with Crippen LogP contribution < -0.4 is 5.32 Å². The van der Waals surface area contributed by atoms with Gasteiger partial charge in [0.25, 0.3) is 0 Å². The average Bonchev–Trinajstić information content (AvgIpc) is 3.33. The van der Waals surface area contributed by atoms with E-state index in [2.05, 4.69) is 44.5 Å². The van der Waals surface area contributed by atoms with Crippen LogP contribution in [0.3, 0.4) is 0 Å². The second-order valence-corrected chi connectivity index (χ2v) is 7.06.